The molecule has 1 aliphatic rings. The van der Waals surface area contributed by atoms with E-state index in [4.69, 9.17) is 5.73 Å². The van der Waals surface area contributed by atoms with Gasteiger partial charge in [-0.25, -0.2) is 0 Å². The van der Waals surface area contributed by atoms with E-state index in [1.807, 2.05) is 18.4 Å². The molecule has 112 valence electrons. The molecular weight excluding hydrogens is 254 g/mol. The van der Waals surface area contributed by atoms with Gasteiger partial charge in [0.05, 0.1) is 11.8 Å². The number of aromatic nitrogens is 1. The second-order valence-corrected chi connectivity index (χ2v) is 6.06. The summed E-state index contributed by atoms with van der Waals surface area (Å²) >= 11 is 0. The lowest BCUT2D eigenvalue weighted by Crippen LogP contribution is -2.34. The van der Waals surface area contributed by atoms with Crippen molar-refractivity contribution < 1.29 is 9.90 Å². The molecule has 5 nitrogen and oxygen atoms in total. The highest BCUT2D eigenvalue weighted by Gasteiger charge is 2.21. The van der Waals surface area contributed by atoms with E-state index in [1.165, 1.54) is 0 Å². The van der Waals surface area contributed by atoms with Gasteiger partial charge < -0.3 is 20.7 Å². The van der Waals surface area contributed by atoms with Gasteiger partial charge in [0.2, 0.25) is 0 Å². The number of nitrogens with one attached hydrogen (secondary N) is 1. The van der Waals surface area contributed by atoms with Crippen LogP contribution < -0.4 is 11.1 Å². The summed E-state index contributed by atoms with van der Waals surface area (Å²) in [5, 5.41) is 12.6. The summed E-state index contributed by atoms with van der Waals surface area (Å²) in [6, 6.07) is 1.91. The molecule has 1 amide bonds. The molecular formula is C15H25N3O2. The van der Waals surface area contributed by atoms with Gasteiger partial charge in [0.1, 0.15) is 5.69 Å². The van der Waals surface area contributed by atoms with E-state index in [0.29, 0.717) is 23.8 Å². The van der Waals surface area contributed by atoms with Crippen molar-refractivity contribution in [2.75, 3.05) is 12.3 Å². The lowest BCUT2D eigenvalue weighted by molar-refractivity contribution is 0.0866. The second-order valence-electron chi connectivity index (χ2n) is 6.06. The normalized spacial score (nSPS) is 23.0. The summed E-state index contributed by atoms with van der Waals surface area (Å²) < 4.78 is 1.89. The van der Waals surface area contributed by atoms with Gasteiger partial charge in [0, 0.05) is 18.8 Å². The topological polar surface area (TPSA) is 80.3 Å². The number of aliphatic hydroxyl groups is 1. The lowest BCUT2D eigenvalue weighted by Gasteiger charge is -2.26. The number of amides is 1. The van der Waals surface area contributed by atoms with Crippen molar-refractivity contribution in [3.63, 3.8) is 0 Å². The first-order valence-corrected chi connectivity index (χ1v) is 7.41. The molecule has 0 radical (unpaired) electrons. The molecule has 2 rings (SSSR count). The van der Waals surface area contributed by atoms with Crippen LogP contribution in [0.1, 0.15) is 56.1 Å². The van der Waals surface area contributed by atoms with Crippen LogP contribution in [0.25, 0.3) is 0 Å². The Labute approximate surface area is 120 Å². The standard InChI is InChI=1S/C15H25N3O2/c1-10(2)18-9-12(16)7-14(18)15(20)17-8-11-4-3-5-13(19)6-11/h7,9-11,13,19H,3-6,8,16H2,1-2H3,(H,17,20). The number of hydrogen-bond donors (Lipinski definition) is 3. The van der Waals surface area contributed by atoms with Gasteiger partial charge in [-0.1, -0.05) is 6.42 Å². The lowest BCUT2D eigenvalue weighted by atomic mass is 9.87. The predicted octanol–water partition coefficient (Wildman–Crippen LogP) is 1.93. The fraction of sp³-hybridized carbons (Fsp3) is 0.667. The summed E-state index contributed by atoms with van der Waals surface area (Å²) in [5.74, 6) is 0.290. The highest BCUT2D eigenvalue weighted by atomic mass is 16.3. The molecule has 20 heavy (non-hydrogen) atoms. The minimum atomic E-state index is -0.208. The van der Waals surface area contributed by atoms with Crippen molar-refractivity contribution in [2.24, 2.45) is 5.92 Å². The first-order valence-electron chi connectivity index (χ1n) is 7.41. The Morgan fingerprint density at radius 1 is 1.55 bits per heavy atom. The predicted molar refractivity (Wildman–Crippen MR) is 79.5 cm³/mol. The zero-order chi connectivity index (χ0) is 14.7. The maximum absolute atomic E-state index is 12.3. The Morgan fingerprint density at radius 3 is 2.95 bits per heavy atom. The third-order valence-electron chi connectivity index (χ3n) is 3.97. The summed E-state index contributed by atoms with van der Waals surface area (Å²) in [4.78, 5) is 12.3. The van der Waals surface area contributed by atoms with Gasteiger partial charge in [-0.3, -0.25) is 4.79 Å². The molecule has 5 heteroatoms. The number of nitrogens with zero attached hydrogens (tertiary/aromatic N) is 1. The largest absolute Gasteiger partial charge is 0.397 e. The number of aliphatic hydroxyl groups excluding tert-OH is 1. The smallest absolute Gasteiger partial charge is 0.268 e. The highest BCUT2D eigenvalue weighted by Crippen LogP contribution is 2.23. The zero-order valence-corrected chi connectivity index (χ0v) is 12.3. The van der Waals surface area contributed by atoms with Gasteiger partial charge in [0.15, 0.2) is 0 Å². The third-order valence-corrected chi connectivity index (χ3v) is 3.97. The van der Waals surface area contributed by atoms with Crippen molar-refractivity contribution in [1.82, 2.24) is 9.88 Å². The molecule has 0 aromatic carbocycles. The van der Waals surface area contributed by atoms with Gasteiger partial charge >= 0.3 is 0 Å². The molecule has 4 N–H and O–H groups in total. The molecule has 0 saturated heterocycles. The van der Waals surface area contributed by atoms with E-state index in [2.05, 4.69) is 5.32 Å². The van der Waals surface area contributed by atoms with E-state index in [1.54, 1.807) is 12.3 Å². The second kappa shape index (κ2) is 6.31. The molecule has 1 saturated carbocycles. The molecule has 1 heterocycles. The number of rotatable bonds is 4. The SMILES string of the molecule is CC(C)n1cc(N)cc1C(=O)NCC1CCCC(O)C1. The van der Waals surface area contributed by atoms with Crippen molar-refractivity contribution in [2.45, 2.75) is 51.7 Å². The van der Waals surface area contributed by atoms with Gasteiger partial charge in [0.25, 0.3) is 5.91 Å². The van der Waals surface area contributed by atoms with Crippen molar-refractivity contribution >= 4 is 11.6 Å². The number of anilines is 1. The Hall–Kier alpha value is -1.49. The van der Waals surface area contributed by atoms with Crippen LogP contribution in [0.15, 0.2) is 12.3 Å². The summed E-state index contributed by atoms with van der Waals surface area (Å²) in [6.45, 7) is 4.67. The van der Waals surface area contributed by atoms with Gasteiger partial charge in [-0.15, -0.1) is 0 Å². The fourth-order valence-electron chi connectivity index (χ4n) is 2.89. The number of nitrogen functional groups attached to an aromatic ring is 1. The maximum Gasteiger partial charge on any atom is 0.268 e. The quantitative estimate of drug-likeness (QED) is 0.788. The molecule has 1 fully saturated rings. The van der Waals surface area contributed by atoms with Crippen LogP contribution in [0.4, 0.5) is 5.69 Å². The van der Waals surface area contributed by atoms with Crippen LogP contribution in [0, 0.1) is 5.92 Å². The molecule has 2 atom stereocenters. The molecule has 0 spiro atoms. The number of hydrogen-bond acceptors (Lipinski definition) is 3. The van der Waals surface area contributed by atoms with Crippen LogP contribution in [-0.2, 0) is 0 Å². The van der Waals surface area contributed by atoms with E-state index in [0.717, 1.165) is 25.7 Å². The van der Waals surface area contributed by atoms with Crippen molar-refractivity contribution in [1.29, 1.82) is 0 Å². The van der Waals surface area contributed by atoms with E-state index in [-0.39, 0.29) is 18.1 Å². The van der Waals surface area contributed by atoms with E-state index in [9.17, 15) is 9.90 Å². The minimum absolute atomic E-state index is 0.0875. The van der Waals surface area contributed by atoms with E-state index >= 15 is 0 Å². The molecule has 2 unspecified atom stereocenters. The molecule has 1 aromatic heterocycles. The number of carbonyl (C=O) groups excluding carboxylic acids is 1. The zero-order valence-electron chi connectivity index (χ0n) is 12.3. The Bertz CT molecular complexity index is 468. The van der Waals surface area contributed by atoms with Crippen LogP contribution in [0.2, 0.25) is 0 Å². The van der Waals surface area contributed by atoms with Crippen LogP contribution in [0.3, 0.4) is 0 Å². The molecule has 1 aliphatic carbocycles. The average molecular weight is 279 g/mol. The molecule has 0 aliphatic heterocycles. The first kappa shape index (κ1) is 14.9. The molecule has 0 bridgehead atoms. The van der Waals surface area contributed by atoms with Crippen molar-refractivity contribution in [3.05, 3.63) is 18.0 Å². The highest BCUT2D eigenvalue weighted by molar-refractivity contribution is 5.93. The van der Waals surface area contributed by atoms with Gasteiger partial charge in [-0.2, -0.15) is 0 Å². The number of nitrogens with two attached hydrogens (primary N) is 1. The Kier molecular flexibility index (Phi) is 4.70. The first-order chi connectivity index (χ1) is 9.47. The van der Waals surface area contributed by atoms with Crippen LogP contribution in [-0.4, -0.2) is 28.2 Å². The Morgan fingerprint density at radius 2 is 2.30 bits per heavy atom. The van der Waals surface area contributed by atoms with Crippen LogP contribution in [0.5, 0.6) is 0 Å². The summed E-state index contributed by atoms with van der Waals surface area (Å²) in [5.41, 5.74) is 6.99. The van der Waals surface area contributed by atoms with Gasteiger partial charge in [-0.05, 0) is 45.1 Å². The minimum Gasteiger partial charge on any atom is -0.397 e. The monoisotopic (exact) mass is 279 g/mol. The Balaban J connectivity index is 1.95. The fourth-order valence-corrected chi connectivity index (χ4v) is 2.89. The number of carbonyl (C=O) groups is 1. The van der Waals surface area contributed by atoms with E-state index < -0.39 is 0 Å². The van der Waals surface area contributed by atoms with Crippen molar-refractivity contribution in [3.8, 4) is 0 Å². The summed E-state index contributed by atoms with van der Waals surface area (Å²) in [6.07, 6.45) is 5.37. The average Bonchev–Trinajstić information content (AvgIpc) is 2.78. The summed E-state index contributed by atoms with van der Waals surface area (Å²) in [7, 11) is 0. The third kappa shape index (κ3) is 3.54. The molecule has 1 aromatic rings. The maximum atomic E-state index is 12.3. The van der Waals surface area contributed by atoms with Crippen LogP contribution >= 0.6 is 0 Å².